The maximum absolute atomic E-state index is 11.3. The summed E-state index contributed by atoms with van der Waals surface area (Å²) in [7, 11) is 1.86. The van der Waals surface area contributed by atoms with Gasteiger partial charge in [-0.1, -0.05) is 6.92 Å². The Labute approximate surface area is 89.9 Å². The van der Waals surface area contributed by atoms with Gasteiger partial charge in [0.2, 0.25) is 5.91 Å². The fourth-order valence-electron chi connectivity index (χ4n) is 1.19. The van der Waals surface area contributed by atoms with E-state index in [4.69, 9.17) is 0 Å². The highest BCUT2D eigenvalue weighted by Gasteiger charge is 2.01. The van der Waals surface area contributed by atoms with Gasteiger partial charge in [-0.2, -0.15) is 5.10 Å². The third-order valence-corrected chi connectivity index (χ3v) is 1.95. The second-order valence-corrected chi connectivity index (χ2v) is 3.43. The van der Waals surface area contributed by atoms with E-state index in [0.717, 1.165) is 18.7 Å². The van der Waals surface area contributed by atoms with Crippen LogP contribution < -0.4 is 10.6 Å². The monoisotopic (exact) mass is 210 g/mol. The molecule has 0 aliphatic rings. The number of hydrogen-bond donors (Lipinski definition) is 2. The molecular formula is C10H18N4O. The standard InChI is InChI=1S/C10H18N4O/c1-3-5-11-8-10(15)12-7-9-4-6-14(2)13-9/h4,6,11H,3,5,7-8H2,1-2H3,(H,12,15). The molecule has 5 nitrogen and oxygen atoms in total. The number of carbonyl (C=O) groups is 1. The van der Waals surface area contributed by atoms with Crippen molar-refractivity contribution in [3.63, 3.8) is 0 Å². The minimum absolute atomic E-state index is 0.00843. The van der Waals surface area contributed by atoms with E-state index in [1.165, 1.54) is 0 Å². The molecule has 5 heteroatoms. The minimum atomic E-state index is 0.00843. The second kappa shape index (κ2) is 6.19. The zero-order chi connectivity index (χ0) is 11.1. The Morgan fingerprint density at radius 1 is 1.60 bits per heavy atom. The van der Waals surface area contributed by atoms with Crippen LogP contribution in [-0.4, -0.2) is 28.8 Å². The van der Waals surface area contributed by atoms with Crippen molar-refractivity contribution >= 4 is 5.91 Å². The Balaban J connectivity index is 2.16. The highest BCUT2D eigenvalue weighted by Crippen LogP contribution is 1.92. The van der Waals surface area contributed by atoms with E-state index in [1.807, 2.05) is 19.3 Å². The van der Waals surface area contributed by atoms with Gasteiger partial charge in [0.05, 0.1) is 18.8 Å². The first kappa shape index (κ1) is 11.7. The van der Waals surface area contributed by atoms with Gasteiger partial charge < -0.3 is 10.6 Å². The summed E-state index contributed by atoms with van der Waals surface area (Å²) in [6.07, 6.45) is 2.89. The summed E-state index contributed by atoms with van der Waals surface area (Å²) >= 11 is 0. The van der Waals surface area contributed by atoms with Gasteiger partial charge >= 0.3 is 0 Å². The van der Waals surface area contributed by atoms with E-state index >= 15 is 0 Å². The SMILES string of the molecule is CCCNCC(=O)NCc1ccn(C)n1. The molecule has 2 N–H and O–H groups in total. The summed E-state index contributed by atoms with van der Waals surface area (Å²) in [6, 6.07) is 1.89. The Morgan fingerprint density at radius 3 is 3.00 bits per heavy atom. The van der Waals surface area contributed by atoms with Crippen LogP contribution in [0.4, 0.5) is 0 Å². The highest BCUT2D eigenvalue weighted by atomic mass is 16.1. The van der Waals surface area contributed by atoms with Crippen LogP contribution in [-0.2, 0) is 18.4 Å². The fraction of sp³-hybridized carbons (Fsp3) is 0.600. The van der Waals surface area contributed by atoms with Crippen molar-refractivity contribution in [1.82, 2.24) is 20.4 Å². The first-order valence-electron chi connectivity index (χ1n) is 5.18. The molecule has 0 unspecified atom stereocenters. The summed E-state index contributed by atoms with van der Waals surface area (Å²) in [5.74, 6) is 0.00843. The zero-order valence-electron chi connectivity index (χ0n) is 9.29. The molecule has 1 heterocycles. The Kier molecular flexibility index (Phi) is 4.83. The Morgan fingerprint density at radius 2 is 2.40 bits per heavy atom. The fourth-order valence-corrected chi connectivity index (χ4v) is 1.19. The van der Waals surface area contributed by atoms with Crippen molar-refractivity contribution in [3.8, 4) is 0 Å². The second-order valence-electron chi connectivity index (χ2n) is 3.43. The molecule has 0 saturated heterocycles. The summed E-state index contributed by atoms with van der Waals surface area (Å²) in [4.78, 5) is 11.3. The van der Waals surface area contributed by atoms with Crippen molar-refractivity contribution in [2.24, 2.45) is 7.05 Å². The predicted octanol–water partition coefficient (Wildman–Crippen LogP) is 0.0359. The first-order valence-corrected chi connectivity index (χ1v) is 5.18. The van der Waals surface area contributed by atoms with E-state index in [9.17, 15) is 4.79 Å². The average Bonchev–Trinajstić information content (AvgIpc) is 2.62. The molecule has 84 valence electrons. The number of amides is 1. The van der Waals surface area contributed by atoms with Crippen LogP contribution in [0.15, 0.2) is 12.3 Å². The van der Waals surface area contributed by atoms with Gasteiger partial charge in [0.15, 0.2) is 0 Å². The van der Waals surface area contributed by atoms with Crippen LogP contribution >= 0.6 is 0 Å². The van der Waals surface area contributed by atoms with Crippen LogP contribution in [0.5, 0.6) is 0 Å². The van der Waals surface area contributed by atoms with Crippen LogP contribution in [0.3, 0.4) is 0 Å². The molecule has 1 aromatic rings. The van der Waals surface area contributed by atoms with Gasteiger partial charge in [-0.25, -0.2) is 0 Å². The predicted molar refractivity (Wildman–Crippen MR) is 58.2 cm³/mol. The molecule has 1 aromatic heterocycles. The molecule has 15 heavy (non-hydrogen) atoms. The van der Waals surface area contributed by atoms with E-state index in [1.54, 1.807) is 4.68 Å². The maximum atomic E-state index is 11.3. The molecule has 0 aromatic carbocycles. The van der Waals surface area contributed by atoms with Crippen LogP contribution in [0.2, 0.25) is 0 Å². The van der Waals surface area contributed by atoms with Crippen molar-refractivity contribution in [3.05, 3.63) is 18.0 Å². The molecule has 0 atom stereocenters. The number of nitrogens with one attached hydrogen (secondary N) is 2. The lowest BCUT2D eigenvalue weighted by molar-refractivity contribution is -0.120. The topological polar surface area (TPSA) is 59.0 Å². The number of carbonyl (C=O) groups excluding carboxylic acids is 1. The molecule has 0 fully saturated rings. The van der Waals surface area contributed by atoms with Gasteiger partial charge in [-0.05, 0) is 19.0 Å². The molecule has 0 aliphatic heterocycles. The molecule has 0 spiro atoms. The number of nitrogens with zero attached hydrogens (tertiary/aromatic N) is 2. The lowest BCUT2D eigenvalue weighted by Crippen LogP contribution is -2.33. The number of hydrogen-bond acceptors (Lipinski definition) is 3. The smallest absolute Gasteiger partial charge is 0.234 e. The van der Waals surface area contributed by atoms with E-state index in [-0.39, 0.29) is 5.91 Å². The zero-order valence-corrected chi connectivity index (χ0v) is 9.29. The van der Waals surface area contributed by atoms with Gasteiger partial charge in [-0.3, -0.25) is 9.48 Å². The van der Waals surface area contributed by atoms with E-state index in [2.05, 4.69) is 22.7 Å². The quantitative estimate of drug-likeness (QED) is 0.652. The molecule has 0 radical (unpaired) electrons. The first-order chi connectivity index (χ1) is 7.22. The van der Waals surface area contributed by atoms with Crippen molar-refractivity contribution < 1.29 is 4.79 Å². The molecule has 1 amide bonds. The molecular weight excluding hydrogens is 192 g/mol. The number of aromatic nitrogens is 2. The van der Waals surface area contributed by atoms with Gasteiger partial charge in [0.1, 0.15) is 0 Å². The van der Waals surface area contributed by atoms with Gasteiger partial charge in [-0.15, -0.1) is 0 Å². The number of aryl methyl sites for hydroxylation is 1. The molecule has 0 aliphatic carbocycles. The average molecular weight is 210 g/mol. The lowest BCUT2D eigenvalue weighted by Gasteiger charge is -2.03. The van der Waals surface area contributed by atoms with Crippen molar-refractivity contribution in [2.75, 3.05) is 13.1 Å². The van der Waals surface area contributed by atoms with Gasteiger partial charge in [0.25, 0.3) is 0 Å². The Bertz CT molecular complexity index is 308. The summed E-state index contributed by atoms with van der Waals surface area (Å²) in [5, 5.41) is 9.99. The third-order valence-electron chi connectivity index (χ3n) is 1.95. The summed E-state index contributed by atoms with van der Waals surface area (Å²) in [5.41, 5.74) is 0.876. The highest BCUT2D eigenvalue weighted by molar-refractivity contribution is 5.77. The van der Waals surface area contributed by atoms with Crippen molar-refractivity contribution in [1.29, 1.82) is 0 Å². The van der Waals surface area contributed by atoms with E-state index in [0.29, 0.717) is 13.1 Å². The summed E-state index contributed by atoms with van der Waals surface area (Å²) < 4.78 is 1.72. The lowest BCUT2D eigenvalue weighted by atomic mass is 10.4. The third kappa shape index (κ3) is 4.60. The van der Waals surface area contributed by atoms with Gasteiger partial charge in [0, 0.05) is 13.2 Å². The normalized spacial score (nSPS) is 10.3. The van der Waals surface area contributed by atoms with Crippen LogP contribution in [0.25, 0.3) is 0 Å². The molecule has 0 saturated carbocycles. The van der Waals surface area contributed by atoms with Crippen LogP contribution in [0, 0.1) is 0 Å². The number of rotatable bonds is 6. The minimum Gasteiger partial charge on any atom is -0.349 e. The van der Waals surface area contributed by atoms with E-state index < -0.39 is 0 Å². The van der Waals surface area contributed by atoms with Crippen LogP contribution in [0.1, 0.15) is 19.0 Å². The molecule has 0 bridgehead atoms. The Hall–Kier alpha value is -1.36. The largest absolute Gasteiger partial charge is 0.349 e. The maximum Gasteiger partial charge on any atom is 0.234 e. The summed E-state index contributed by atoms with van der Waals surface area (Å²) in [6.45, 7) is 3.81. The molecule has 1 rings (SSSR count). The van der Waals surface area contributed by atoms with Crippen molar-refractivity contribution in [2.45, 2.75) is 19.9 Å².